The number of amides is 1. The molecule has 116 valence electrons. The number of aryl methyl sites for hydroxylation is 2. The number of carbonyl (C=O) groups excluding carboxylic acids is 1. The van der Waals surface area contributed by atoms with Crippen LogP contribution >= 0.6 is 0 Å². The van der Waals surface area contributed by atoms with Crippen LogP contribution in [0.5, 0.6) is 0 Å². The van der Waals surface area contributed by atoms with Gasteiger partial charge in [0.1, 0.15) is 5.56 Å². The lowest BCUT2D eigenvalue weighted by Gasteiger charge is -2.10. The van der Waals surface area contributed by atoms with Crippen molar-refractivity contribution < 1.29 is 14.1 Å². The Bertz CT molecular complexity index is 655. The minimum absolute atomic E-state index is 0.118. The van der Waals surface area contributed by atoms with E-state index in [0.29, 0.717) is 23.6 Å². The molecule has 3 rings (SSSR count). The summed E-state index contributed by atoms with van der Waals surface area (Å²) in [7, 11) is 0. The summed E-state index contributed by atoms with van der Waals surface area (Å²) in [6, 6.07) is 7.85. The lowest BCUT2D eigenvalue weighted by Crippen LogP contribution is -2.32. The number of hydrogen-bond donors (Lipinski definition) is 1. The van der Waals surface area contributed by atoms with Crippen LogP contribution in [0, 0.1) is 13.8 Å². The minimum atomic E-state index is -0.162. The third-order valence-corrected chi connectivity index (χ3v) is 3.92. The van der Waals surface area contributed by atoms with Gasteiger partial charge in [0, 0.05) is 18.7 Å². The topological polar surface area (TPSA) is 64.4 Å². The Morgan fingerprint density at radius 2 is 2.09 bits per heavy atom. The van der Waals surface area contributed by atoms with Crippen molar-refractivity contribution in [1.29, 1.82) is 0 Å². The monoisotopic (exact) mass is 300 g/mol. The van der Waals surface area contributed by atoms with Gasteiger partial charge in [0.25, 0.3) is 5.91 Å². The van der Waals surface area contributed by atoms with Crippen LogP contribution in [-0.2, 0) is 4.74 Å². The van der Waals surface area contributed by atoms with Crippen molar-refractivity contribution in [1.82, 2.24) is 10.5 Å². The lowest BCUT2D eigenvalue weighted by atomic mass is 10.0. The number of benzene rings is 1. The second-order valence-electron chi connectivity index (χ2n) is 5.68. The summed E-state index contributed by atoms with van der Waals surface area (Å²) in [5, 5.41) is 6.87. The molecule has 1 atom stereocenters. The van der Waals surface area contributed by atoms with Crippen molar-refractivity contribution >= 4 is 5.91 Å². The van der Waals surface area contributed by atoms with Gasteiger partial charge in [0.05, 0.1) is 11.8 Å². The van der Waals surface area contributed by atoms with Gasteiger partial charge < -0.3 is 14.6 Å². The predicted molar refractivity (Wildman–Crippen MR) is 82.7 cm³/mol. The molecule has 2 aromatic rings. The SMILES string of the molecule is Cc1ccc(-c2onc(C)c2C(=O)NCC2CCCO2)cc1. The number of nitrogens with zero attached hydrogens (tertiary/aromatic N) is 1. The van der Waals surface area contributed by atoms with E-state index in [1.807, 2.05) is 31.2 Å². The summed E-state index contributed by atoms with van der Waals surface area (Å²) in [4.78, 5) is 12.5. The van der Waals surface area contributed by atoms with Crippen molar-refractivity contribution in [2.45, 2.75) is 32.8 Å². The largest absolute Gasteiger partial charge is 0.376 e. The highest BCUT2D eigenvalue weighted by molar-refractivity contribution is 6.00. The van der Waals surface area contributed by atoms with E-state index in [9.17, 15) is 4.79 Å². The van der Waals surface area contributed by atoms with Gasteiger partial charge in [-0.1, -0.05) is 35.0 Å². The Morgan fingerprint density at radius 1 is 1.32 bits per heavy atom. The van der Waals surface area contributed by atoms with Gasteiger partial charge >= 0.3 is 0 Å². The molecule has 22 heavy (non-hydrogen) atoms. The predicted octanol–water partition coefficient (Wildman–Crippen LogP) is 2.87. The molecule has 1 amide bonds. The summed E-state index contributed by atoms with van der Waals surface area (Å²) >= 11 is 0. The fraction of sp³-hybridized carbons (Fsp3) is 0.412. The van der Waals surface area contributed by atoms with Crippen LogP contribution in [0.3, 0.4) is 0 Å². The van der Waals surface area contributed by atoms with Crippen molar-refractivity contribution in [3.8, 4) is 11.3 Å². The minimum Gasteiger partial charge on any atom is -0.376 e. The fourth-order valence-electron chi connectivity index (χ4n) is 2.64. The Hall–Kier alpha value is -2.14. The Balaban J connectivity index is 1.79. The highest BCUT2D eigenvalue weighted by atomic mass is 16.5. The van der Waals surface area contributed by atoms with Gasteiger partial charge in [0.2, 0.25) is 0 Å². The molecule has 2 heterocycles. The van der Waals surface area contributed by atoms with Gasteiger partial charge in [-0.15, -0.1) is 0 Å². The second-order valence-corrected chi connectivity index (χ2v) is 5.68. The maximum atomic E-state index is 12.5. The number of nitrogens with one attached hydrogen (secondary N) is 1. The van der Waals surface area contributed by atoms with Crippen LogP contribution in [0.1, 0.15) is 34.5 Å². The lowest BCUT2D eigenvalue weighted by molar-refractivity contribution is 0.0857. The molecular weight excluding hydrogens is 280 g/mol. The van der Waals surface area contributed by atoms with Gasteiger partial charge in [-0.05, 0) is 26.7 Å². The first-order valence-electron chi connectivity index (χ1n) is 7.58. The first-order chi connectivity index (χ1) is 10.6. The molecule has 1 aliphatic heterocycles. The van der Waals surface area contributed by atoms with E-state index in [1.165, 1.54) is 0 Å². The maximum absolute atomic E-state index is 12.5. The summed E-state index contributed by atoms with van der Waals surface area (Å²) in [6.45, 7) is 5.10. The van der Waals surface area contributed by atoms with Crippen LogP contribution < -0.4 is 5.32 Å². The third kappa shape index (κ3) is 3.04. The summed E-state index contributed by atoms with van der Waals surface area (Å²) in [5.74, 6) is 0.354. The Morgan fingerprint density at radius 3 is 2.77 bits per heavy atom. The number of carbonyl (C=O) groups is 1. The number of hydrogen-bond acceptors (Lipinski definition) is 4. The van der Waals surface area contributed by atoms with Crippen molar-refractivity contribution in [2.75, 3.05) is 13.2 Å². The summed E-state index contributed by atoms with van der Waals surface area (Å²) in [6.07, 6.45) is 2.17. The smallest absolute Gasteiger partial charge is 0.257 e. The van der Waals surface area contributed by atoms with Crippen LogP contribution in [-0.4, -0.2) is 30.3 Å². The van der Waals surface area contributed by atoms with E-state index in [4.69, 9.17) is 9.26 Å². The zero-order valence-corrected chi connectivity index (χ0v) is 12.9. The molecule has 0 bridgehead atoms. The van der Waals surface area contributed by atoms with E-state index < -0.39 is 0 Å². The molecule has 1 aromatic carbocycles. The van der Waals surface area contributed by atoms with Crippen molar-refractivity contribution in [3.05, 3.63) is 41.1 Å². The molecule has 5 heteroatoms. The zero-order chi connectivity index (χ0) is 15.5. The average molecular weight is 300 g/mol. The quantitative estimate of drug-likeness (QED) is 0.943. The highest BCUT2D eigenvalue weighted by Crippen LogP contribution is 2.26. The Labute approximate surface area is 129 Å². The summed E-state index contributed by atoms with van der Waals surface area (Å²) < 4.78 is 10.9. The molecule has 1 fully saturated rings. The fourth-order valence-corrected chi connectivity index (χ4v) is 2.64. The van der Waals surface area contributed by atoms with Crippen LogP contribution in [0.4, 0.5) is 0 Å². The maximum Gasteiger partial charge on any atom is 0.257 e. The molecule has 0 aliphatic carbocycles. The van der Waals surface area contributed by atoms with E-state index in [-0.39, 0.29) is 12.0 Å². The second kappa shape index (κ2) is 6.32. The molecule has 1 saturated heterocycles. The molecule has 0 radical (unpaired) electrons. The molecule has 5 nitrogen and oxygen atoms in total. The van der Waals surface area contributed by atoms with Crippen LogP contribution in [0.25, 0.3) is 11.3 Å². The first-order valence-corrected chi connectivity index (χ1v) is 7.58. The third-order valence-electron chi connectivity index (χ3n) is 3.92. The van der Waals surface area contributed by atoms with E-state index in [2.05, 4.69) is 10.5 Å². The Kier molecular flexibility index (Phi) is 4.24. The highest BCUT2D eigenvalue weighted by Gasteiger charge is 2.23. The molecule has 0 spiro atoms. The number of rotatable bonds is 4. The first kappa shape index (κ1) is 14.8. The van der Waals surface area contributed by atoms with E-state index >= 15 is 0 Å². The average Bonchev–Trinajstić information content (AvgIpc) is 3.15. The van der Waals surface area contributed by atoms with E-state index in [1.54, 1.807) is 6.92 Å². The van der Waals surface area contributed by atoms with E-state index in [0.717, 1.165) is 30.6 Å². The molecule has 1 N–H and O–H groups in total. The summed E-state index contributed by atoms with van der Waals surface area (Å²) in [5.41, 5.74) is 3.11. The van der Waals surface area contributed by atoms with Crippen LogP contribution in [0.2, 0.25) is 0 Å². The standard InChI is InChI=1S/C17H20N2O3/c1-11-5-7-13(8-6-11)16-15(12(2)19-22-16)17(20)18-10-14-4-3-9-21-14/h5-8,14H,3-4,9-10H2,1-2H3,(H,18,20). The van der Waals surface area contributed by atoms with Gasteiger partial charge in [-0.25, -0.2) is 0 Å². The van der Waals surface area contributed by atoms with Crippen molar-refractivity contribution in [2.24, 2.45) is 0 Å². The normalized spacial score (nSPS) is 17.6. The molecule has 0 saturated carbocycles. The van der Waals surface area contributed by atoms with Gasteiger partial charge in [-0.3, -0.25) is 4.79 Å². The van der Waals surface area contributed by atoms with Crippen molar-refractivity contribution in [3.63, 3.8) is 0 Å². The molecule has 1 unspecified atom stereocenters. The van der Waals surface area contributed by atoms with Gasteiger partial charge in [-0.2, -0.15) is 0 Å². The molecule has 1 aromatic heterocycles. The number of ether oxygens (including phenoxy) is 1. The van der Waals surface area contributed by atoms with Gasteiger partial charge in [0.15, 0.2) is 5.76 Å². The van der Waals surface area contributed by atoms with Crippen LogP contribution in [0.15, 0.2) is 28.8 Å². The molecule has 1 aliphatic rings. The number of aromatic nitrogens is 1. The zero-order valence-electron chi connectivity index (χ0n) is 12.9. The molecular formula is C17H20N2O3.